The topological polar surface area (TPSA) is 43.8 Å². The van der Waals surface area contributed by atoms with E-state index in [2.05, 4.69) is 44.1 Å². The fourth-order valence-electron chi connectivity index (χ4n) is 3.44. The molecule has 0 bridgehead atoms. The number of nitrogens with two attached hydrogens (primary N) is 1. The van der Waals surface area contributed by atoms with E-state index in [0.29, 0.717) is 12.5 Å². The van der Waals surface area contributed by atoms with Crippen LogP contribution in [0.15, 0.2) is 48.7 Å². The van der Waals surface area contributed by atoms with Gasteiger partial charge in [0, 0.05) is 5.39 Å². The standard InChI is InChI=1S/C20H24FN3/c1-4-18(20(2,3)13-22)14-5-10-19-15(11-14)12-23-24(19)17-8-6-16(21)7-9-17/h5-12,18H,4,13,22H2,1-3H3. The van der Waals surface area contributed by atoms with E-state index >= 15 is 0 Å². The summed E-state index contributed by atoms with van der Waals surface area (Å²) in [5.74, 6) is 0.161. The molecule has 24 heavy (non-hydrogen) atoms. The molecular formula is C20H24FN3. The number of aromatic nitrogens is 2. The maximum atomic E-state index is 13.1. The smallest absolute Gasteiger partial charge is 0.123 e. The summed E-state index contributed by atoms with van der Waals surface area (Å²) < 4.78 is 15.0. The first kappa shape index (κ1) is 16.7. The van der Waals surface area contributed by atoms with Crippen LogP contribution in [0.5, 0.6) is 0 Å². The van der Waals surface area contributed by atoms with Crippen molar-refractivity contribution in [1.29, 1.82) is 0 Å². The number of hydrogen-bond acceptors (Lipinski definition) is 2. The summed E-state index contributed by atoms with van der Waals surface area (Å²) in [5.41, 5.74) is 9.19. The van der Waals surface area contributed by atoms with E-state index in [-0.39, 0.29) is 11.2 Å². The van der Waals surface area contributed by atoms with Crippen LogP contribution in [-0.4, -0.2) is 16.3 Å². The van der Waals surface area contributed by atoms with E-state index in [1.165, 1.54) is 17.7 Å². The Morgan fingerprint density at radius 3 is 2.50 bits per heavy atom. The molecule has 3 aromatic rings. The average molecular weight is 325 g/mol. The highest BCUT2D eigenvalue weighted by Crippen LogP contribution is 2.38. The molecule has 0 saturated carbocycles. The first-order valence-corrected chi connectivity index (χ1v) is 8.40. The average Bonchev–Trinajstić information content (AvgIpc) is 2.99. The molecule has 126 valence electrons. The lowest BCUT2D eigenvalue weighted by atomic mass is 9.73. The largest absolute Gasteiger partial charge is 0.330 e. The minimum absolute atomic E-state index is 0.0510. The Labute approximate surface area is 142 Å². The quantitative estimate of drug-likeness (QED) is 0.742. The highest BCUT2D eigenvalue weighted by atomic mass is 19.1. The Morgan fingerprint density at radius 2 is 1.88 bits per heavy atom. The third kappa shape index (κ3) is 2.94. The van der Waals surface area contributed by atoms with Gasteiger partial charge in [0.25, 0.3) is 0 Å². The normalized spacial score (nSPS) is 13.4. The van der Waals surface area contributed by atoms with Gasteiger partial charge in [0.2, 0.25) is 0 Å². The third-order valence-corrected chi connectivity index (χ3v) is 4.94. The first-order chi connectivity index (χ1) is 11.5. The van der Waals surface area contributed by atoms with Gasteiger partial charge in [-0.3, -0.25) is 0 Å². The molecule has 3 rings (SSSR count). The van der Waals surface area contributed by atoms with Crippen LogP contribution in [0.2, 0.25) is 0 Å². The molecule has 1 heterocycles. The molecule has 1 unspecified atom stereocenters. The minimum Gasteiger partial charge on any atom is -0.330 e. The second kappa shape index (κ2) is 6.36. The van der Waals surface area contributed by atoms with Crippen molar-refractivity contribution < 1.29 is 4.39 Å². The number of hydrogen-bond donors (Lipinski definition) is 1. The third-order valence-electron chi connectivity index (χ3n) is 4.94. The zero-order valence-corrected chi connectivity index (χ0v) is 14.5. The minimum atomic E-state index is -0.243. The second-order valence-corrected chi connectivity index (χ2v) is 7.00. The lowest BCUT2D eigenvalue weighted by Gasteiger charge is -2.33. The Balaban J connectivity index is 2.03. The summed E-state index contributed by atoms with van der Waals surface area (Å²) in [5, 5.41) is 5.56. The lowest BCUT2D eigenvalue weighted by molar-refractivity contribution is 0.289. The van der Waals surface area contributed by atoms with Crippen LogP contribution >= 0.6 is 0 Å². The first-order valence-electron chi connectivity index (χ1n) is 8.40. The molecule has 2 aromatic carbocycles. The monoisotopic (exact) mass is 325 g/mol. The van der Waals surface area contributed by atoms with Crippen molar-refractivity contribution in [3.63, 3.8) is 0 Å². The highest BCUT2D eigenvalue weighted by Gasteiger charge is 2.28. The summed E-state index contributed by atoms with van der Waals surface area (Å²) >= 11 is 0. The Bertz CT molecular complexity index is 834. The van der Waals surface area contributed by atoms with Gasteiger partial charge in [-0.2, -0.15) is 5.10 Å². The van der Waals surface area contributed by atoms with Gasteiger partial charge >= 0.3 is 0 Å². The molecule has 0 radical (unpaired) electrons. The maximum absolute atomic E-state index is 13.1. The van der Waals surface area contributed by atoms with E-state index in [9.17, 15) is 4.39 Å². The molecular weight excluding hydrogens is 301 g/mol. The SMILES string of the molecule is CCC(c1ccc2c(cnn2-c2ccc(F)cc2)c1)C(C)(C)CN. The van der Waals surface area contributed by atoms with Gasteiger partial charge in [0.05, 0.1) is 17.4 Å². The summed E-state index contributed by atoms with van der Waals surface area (Å²) in [7, 11) is 0. The molecule has 1 aromatic heterocycles. The van der Waals surface area contributed by atoms with Gasteiger partial charge in [-0.25, -0.2) is 9.07 Å². The van der Waals surface area contributed by atoms with Crippen LogP contribution in [0.4, 0.5) is 4.39 Å². The van der Waals surface area contributed by atoms with Crippen LogP contribution in [0, 0.1) is 11.2 Å². The van der Waals surface area contributed by atoms with Gasteiger partial charge in [-0.1, -0.05) is 26.8 Å². The molecule has 0 aliphatic rings. The number of halogens is 1. The molecule has 0 aliphatic carbocycles. The Kier molecular flexibility index (Phi) is 4.41. The van der Waals surface area contributed by atoms with Crippen molar-refractivity contribution in [1.82, 2.24) is 9.78 Å². The van der Waals surface area contributed by atoms with Crippen molar-refractivity contribution >= 4 is 10.9 Å². The zero-order valence-electron chi connectivity index (χ0n) is 14.5. The zero-order chi connectivity index (χ0) is 17.3. The van der Waals surface area contributed by atoms with Crippen molar-refractivity contribution in [2.24, 2.45) is 11.1 Å². The molecule has 0 fully saturated rings. The van der Waals surface area contributed by atoms with E-state index < -0.39 is 0 Å². The van der Waals surface area contributed by atoms with Gasteiger partial charge < -0.3 is 5.73 Å². The number of fused-ring (bicyclic) bond motifs is 1. The predicted molar refractivity (Wildman–Crippen MR) is 96.9 cm³/mol. The van der Waals surface area contributed by atoms with Crippen molar-refractivity contribution in [3.05, 3.63) is 60.0 Å². The predicted octanol–water partition coefficient (Wildman–Crippen LogP) is 4.64. The van der Waals surface area contributed by atoms with Gasteiger partial charge in [-0.15, -0.1) is 0 Å². The summed E-state index contributed by atoms with van der Waals surface area (Å²) in [4.78, 5) is 0. The Morgan fingerprint density at radius 1 is 1.17 bits per heavy atom. The molecule has 4 heteroatoms. The molecule has 2 N–H and O–H groups in total. The summed E-state index contributed by atoms with van der Waals surface area (Å²) in [6.07, 6.45) is 2.91. The molecule has 0 saturated heterocycles. The lowest BCUT2D eigenvalue weighted by Crippen LogP contribution is -2.30. The van der Waals surface area contributed by atoms with E-state index in [0.717, 1.165) is 23.0 Å². The van der Waals surface area contributed by atoms with Gasteiger partial charge in [0.15, 0.2) is 0 Å². The number of rotatable bonds is 5. The summed E-state index contributed by atoms with van der Waals surface area (Å²) in [6.45, 7) is 7.28. The highest BCUT2D eigenvalue weighted by molar-refractivity contribution is 5.81. The van der Waals surface area contributed by atoms with E-state index in [4.69, 9.17) is 5.73 Å². The molecule has 0 amide bonds. The summed E-state index contributed by atoms with van der Waals surface area (Å²) in [6, 6.07) is 12.8. The van der Waals surface area contributed by atoms with Crippen LogP contribution in [0.3, 0.4) is 0 Å². The van der Waals surface area contributed by atoms with Crippen LogP contribution in [0.25, 0.3) is 16.6 Å². The van der Waals surface area contributed by atoms with E-state index in [1.54, 1.807) is 12.1 Å². The van der Waals surface area contributed by atoms with Crippen LogP contribution in [0.1, 0.15) is 38.7 Å². The molecule has 0 spiro atoms. The molecule has 1 atom stereocenters. The van der Waals surface area contributed by atoms with Crippen LogP contribution in [-0.2, 0) is 0 Å². The molecule has 0 aliphatic heterocycles. The fourth-order valence-corrected chi connectivity index (χ4v) is 3.44. The van der Waals surface area contributed by atoms with Crippen molar-refractivity contribution in [2.45, 2.75) is 33.1 Å². The van der Waals surface area contributed by atoms with Gasteiger partial charge in [-0.05, 0) is 66.3 Å². The van der Waals surface area contributed by atoms with Gasteiger partial charge in [0.1, 0.15) is 5.82 Å². The maximum Gasteiger partial charge on any atom is 0.123 e. The van der Waals surface area contributed by atoms with Crippen molar-refractivity contribution in [2.75, 3.05) is 6.54 Å². The number of benzene rings is 2. The van der Waals surface area contributed by atoms with Crippen molar-refractivity contribution in [3.8, 4) is 5.69 Å². The number of nitrogens with zero attached hydrogens (tertiary/aromatic N) is 2. The molecule has 3 nitrogen and oxygen atoms in total. The second-order valence-electron chi connectivity index (χ2n) is 7.00. The Hall–Kier alpha value is -2.20. The van der Waals surface area contributed by atoms with Crippen LogP contribution < -0.4 is 5.73 Å². The fraction of sp³-hybridized carbons (Fsp3) is 0.350. The van der Waals surface area contributed by atoms with E-state index in [1.807, 2.05) is 10.9 Å².